The Kier molecular flexibility index (Phi) is 4.40. The minimum Gasteiger partial charge on any atom is -0.497 e. The number of hydrogen-bond acceptors (Lipinski definition) is 3. The monoisotopic (exact) mass is 234 g/mol. The molecule has 1 saturated heterocycles. The average molecular weight is 234 g/mol. The highest BCUT2D eigenvalue weighted by atomic mass is 16.5. The number of nitrogens with zero attached hydrogens (tertiary/aromatic N) is 1. The normalized spacial score (nSPS) is 20.7. The third kappa shape index (κ3) is 3.72. The van der Waals surface area contributed by atoms with Gasteiger partial charge in [-0.05, 0) is 50.0 Å². The molecule has 1 aliphatic heterocycles. The molecule has 0 saturated carbocycles. The molecule has 1 atom stereocenters. The van der Waals surface area contributed by atoms with Gasteiger partial charge in [-0.15, -0.1) is 0 Å². The predicted octanol–water partition coefficient (Wildman–Crippen LogP) is 1.66. The Morgan fingerprint density at radius 1 is 1.35 bits per heavy atom. The number of ether oxygens (including phenoxy) is 1. The third-order valence-electron chi connectivity index (χ3n) is 3.41. The lowest BCUT2D eigenvalue weighted by Gasteiger charge is -2.14. The third-order valence-corrected chi connectivity index (χ3v) is 3.41. The van der Waals surface area contributed by atoms with E-state index in [-0.39, 0.29) is 0 Å². The van der Waals surface area contributed by atoms with Crippen molar-refractivity contribution < 1.29 is 4.74 Å². The van der Waals surface area contributed by atoms with Crippen molar-refractivity contribution in [1.82, 2.24) is 4.90 Å². The molecule has 1 aromatic rings. The van der Waals surface area contributed by atoms with Gasteiger partial charge < -0.3 is 15.4 Å². The van der Waals surface area contributed by atoms with Crippen LogP contribution in [0.3, 0.4) is 0 Å². The highest BCUT2D eigenvalue weighted by Crippen LogP contribution is 2.13. The Labute approximate surface area is 104 Å². The molecule has 0 aromatic heterocycles. The number of likely N-dealkylation sites (tertiary alicyclic amines) is 1. The summed E-state index contributed by atoms with van der Waals surface area (Å²) in [5, 5.41) is 0. The summed E-state index contributed by atoms with van der Waals surface area (Å²) in [7, 11) is 1.70. The molecule has 1 aromatic carbocycles. The zero-order chi connectivity index (χ0) is 12.1. The quantitative estimate of drug-likeness (QED) is 0.842. The molecular formula is C14H22N2O. The topological polar surface area (TPSA) is 38.5 Å². The molecule has 0 aliphatic carbocycles. The van der Waals surface area contributed by atoms with E-state index in [1.807, 2.05) is 12.1 Å². The van der Waals surface area contributed by atoms with Gasteiger partial charge in [-0.25, -0.2) is 0 Å². The number of nitrogens with two attached hydrogens (primary N) is 1. The lowest BCUT2D eigenvalue weighted by Crippen LogP contribution is -2.27. The van der Waals surface area contributed by atoms with Gasteiger partial charge in [0.25, 0.3) is 0 Å². The maximum absolute atomic E-state index is 5.88. The molecule has 0 amide bonds. The van der Waals surface area contributed by atoms with Crippen molar-refractivity contribution in [2.75, 3.05) is 26.7 Å². The summed E-state index contributed by atoms with van der Waals surface area (Å²) in [6.45, 7) is 3.41. The van der Waals surface area contributed by atoms with E-state index in [4.69, 9.17) is 10.5 Å². The zero-order valence-corrected chi connectivity index (χ0v) is 10.6. The number of aryl methyl sites for hydroxylation is 1. The van der Waals surface area contributed by atoms with Gasteiger partial charge >= 0.3 is 0 Å². The van der Waals surface area contributed by atoms with Crippen LogP contribution in [0.15, 0.2) is 24.3 Å². The molecule has 1 fully saturated rings. The first-order chi connectivity index (χ1) is 8.28. The van der Waals surface area contributed by atoms with Crippen molar-refractivity contribution in [3.05, 3.63) is 29.8 Å². The van der Waals surface area contributed by atoms with Crippen LogP contribution < -0.4 is 10.5 Å². The van der Waals surface area contributed by atoms with E-state index < -0.39 is 0 Å². The van der Waals surface area contributed by atoms with Crippen molar-refractivity contribution in [2.24, 2.45) is 5.73 Å². The van der Waals surface area contributed by atoms with Crippen molar-refractivity contribution in [2.45, 2.75) is 25.3 Å². The summed E-state index contributed by atoms with van der Waals surface area (Å²) < 4.78 is 5.14. The van der Waals surface area contributed by atoms with Gasteiger partial charge in [-0.1, -0.05) is 12.1 Å². The van der Waals surface area contributed by atoms with Crippen molar-refractivity contribution in [3.63, 3.8) is 0 Å². The SMILES string of the molecule is COc1ccc(CCCN2CC[C@@H](N)C2)cc1. The molecule has 94 valence electrons. The lowest BCUT2D eigenvalue weighted by molar-refractivity contribution is 0.329. The fourth-order valence-electron chi connectivity index (χ4n) is 2.36. The summed E-state index contributed by atoms with van der Waals surface area (Å²) in [5.41, 5.74) is 7.27. The number of rotatable bonds is 5. The van der Waals surface area contributed by atoms with Gasteiger partial charge in [-0.2, -0.15) is 0 Å². The second-order valence-electron chi connectivity index (χ2n) is 4.80. The van der Waals surface area contributed by atoms with Gasteiger partial charge in [-0.3, -0.25) is 0 Å². The first-order valence-electron chi connectivity index (χ1n) is 6.39. The van der Waals surface area contributed by atoms with Crippen LogP contribution in [0.1, 0.15) is 18.4 Å². The van der Waals surface area contributed by atoms with Crippen LogP contribution in [0.2, 0.25) is 0 Å². The van der Waals surface area contributed by atoms with E-state index in [2.05, 4.69) is 17.0 Å². The lowest BCUT2D eigenvalue weighted by atomic mass is 10.1. The molecule has 0 spiro atoms. The maximum atomic E-state index is 5.88. The van der Waals surface area contributed by atoms with E-state index in [0.29, 0.717) is 6.04 Å². The van der Waals surface area contributed by atoms with E-state index >= 15 is 0 Å². The van der Waals surface area contributed by atoms with Gasteiger partial charge in [0.2, 0.25) is 0 Å². The highest BCUT2D eigenvalue weighted by Gasteiger charge is 2.17. The number of hydrogen-bond donors (Lipinski definition) is 1. The van der Waals surface area contributed by atoms with Crippen molar-refractivity contribution in [3.8, 4) is 5.75 Å². The molecule has 3 nitrogen and oxygen atoms in total. The second-order valence-corrected chi connectivity index (χ2v) is 4.80. The van der Waals surface area contributed by atoms with E-state index in [1.54, 1.807) is 7.11 Å². The Bertz CT molecular complexity index is 337. The average Bonchev–Trinajstić information content (AvgIpc) is 2.76. The predicted molar refractivity (Wildman–Crippen MR) is 70.3 cm³/mol. The number of methoxy groups -OCH3 is 1. The Morgan fingerprint density at radius 2 is 2.12 bits per heavy atom. The second kappa shape index (κ2) is 6.03. The Hall–Kier alpha value is -1.06. The summed E-state index contributed by atoms with van der Waals surface area (Å²) in [6, 6.07) is 8.75. The van der Waals surface area contributed by atoms with Crippen LogP contribution in [0, 0.1) is 0 Å². The summed E-state index contributed by atoms with van der Waals surface area (Å²) in [6.07, 6.45) is 3.50. The van der Waals surface area contributed by atoms with E-state index in [1.165, 1.54) is 25.1 Å². The Morgan fingerprint density at radius 3 is 2.71 bits per heavy atom. The fraction of sp³-hybridized carbons (Fsp3) is 0.571. The molecule has 3 heteroatoms. The molecule has 2 N–H and O–H groups in total. The van der Waals surface area contributed by atoms with Crippen LogP contribution in [0.5, 0.6) is 5.75 Å². The summed E-state index contributed by atoms with van der Waals surface area (Å²) >= 11 is 0. The highest BCUT2D eigenvalue weighted by molar-refractivity contribution is 5.27. The first-order valence-corrected chi connectivity index (χ1v) is 6.39. The van der Waals surface area contributed by atoms with Gasteiger partial charge in [0.05, 0.1) is 7.11 Å². The molecule has 2 rings (SSSR count). The number of benzene rings is 1. The molecule has 0 unspecified atom stereocenters. The van der Waals surface area contributed by atoms with Gasteiger partial charge in [0.15, 0.2) is 0 Å². The fourth-order valence-corrected chi connectivity index (χ4v) is 2.36. The van der Waals surface area contributed by atoms with Gasteiger partial charge in [0.1, 0.15) is 5.75 Å². The van der Waals surface area contributed by atoms with E-state index in [0.717, 1.165) is 25.1 Å². The van der Waals surface area contributed by atoms with Crippen LogP contribution in [0.4, 0.5) is 0 Å². The summed E-state index contributed by atoms with van der Waals surface area (Å²) in [4.78, 5) is 2.47. The van der Waals surface area contributed by atoms with Crippen LogP contribution in [0.25, 0.3) is 0 Å². The van der Waals surface area contributed by atoms with Crippen molar-refractivity contribution >= 4 is 0 Å². The molecule has 17 heavy (non-hydrogen) atoms. The molecule has 1 aliphatic rings. The minimum atomic E-state index is 0.399. The van der Waals surface area contributed by atoms with Crippen LogP contribution >= 0.6 is 0 Å². The van der Waals surface area contributed by atoms with E-state index in [9.17, 15) is 0 Å². The summed E-state index contributed by atoms with van der Waals surface area (Å²) in [5.74, 6) is 0.930. The standard InChI is InChI=1S/C14H22N2O/c1-17-14-6-4-12(5-7-14)3-2-9-16-10-8-13(15)11-16/h4-7,13H,2-3,8-11,15H2,1H3/t13-/m1/s1. The smallest absolute Gasteiger partial charge is 0.118 e. The first kappa shape index (κ1) is 12.4. The minimum absolute atomic E-state index is 0.399. The Balaban J connectivity index is 1.70. The maximum Gasteiger partial charge on any atom is 0.118 e. The molecular weight excluding hydrogens is 212 g/mol. The van der Waals surface area contributed by atoms with Crippen LogP contribution in [-0.4, -0.2) is 37.7 Å². The van der Waals surface area contributed by atoms with Crippen molar-refractivity contribution in [1.29, 1.82) is 0 Å². The molecule has 0 bridgehead atoms. The molecule has 0 radical (unpaired) electrons. The zero-order valence-electron chi connectivity index (χ0n) is 10.6. The largest absolute Gasteiger partial charge is 0.497 e. The molecule has 1 heterocycles. The van der Waals surface area contributed by atoms with Gasteiger partial charge in [0, 0.05) is 12.6 Å². The van der Waals surface area contributed by atoms with Crippen LogP contribution in [-0.2, 0) is 6.42 Å².